The topological polar surface area (TPSA) is 67.4 Å². The average molecular weight is 407 g/mol. The molecule has 1 rings (SSSR count). The van der Waals surface area contributed by atoms with Crippen molar-refractivity contribution in [3.63, 3.8) is 0 Å². The fraction of sp³-hybridized carbons (Fsp3) is 0.429. The van der Waals surface area contributed by atoms with E-state index in [9.17, 15) is 35.9 Å². The highest BCUT2D eigenvalue weighted by atomic mass is 35.5. The van der Waals surface area contributed by atoms with Gasteiger partial charge in [-0.25, -0.2) is 4.79 Å². The minimum atomic E-state index is -5.40. The maximum Gasteiger partial charge on any atom is 0.441 e. The number of hydrogen-bond donors (Lipinski definition) is 2. The predicted octanol–water partition coefficient (Wildman–Crippen LogP) is 3.29. The zero-order valence-electron chi connectivity index (χ0n) is 13.1. The van der Waals surface area contributed by atoms with Crippen LogP contribution in [-0.2, 0) is 20.5 Å². The van der Waals surface area contributed by atoms with Crippen molar-refractivity contribution in [3.05, 3.63) is 29.8 Å². The minimum Gasteiger partial charge on any atom is -0.463 e. The van der Waals surface area contributed by atoms with Gasteiger partial charge in [0.2, 0.25) is 5.91 Å². The van der Waals surface area contributed by atoms with Crippen LogP contribution < -0.4 is 10.6 Å². The van der Waals surface area contributed by atoms with Gasteiger partial charge in [-0.1, -0.05) is 0 Å². The number of carbonyl (C=O) groups is 2. The van der Waals surface area contributed by atoms with Crippen LogP contribution in [-0.4, -0.2) is 36.2 Å². The summed E-state index contributed by atoms with van der Waals surface area (Å²) in [5, 5.41) is 3.10. The van der Waals surface area contributed by atoms with Crippen LogP contribution in [0, 0.1) is 0 Å². The van der Waals surface area contributed by atoms with Crippen LogP contribution in [0.4, 0.5) is 32.0 Å². The number of hydrogen-bond acceptors (Lipinski definition) is 4. The van der Waals surface area contributed by atoms with Crippen LogP contribution in [0.15, 0.2) is 24.3 Å². The third-order valence-electron chi connectivity index (χ3n) is 3.00. The van der Waals surface area contributed by atoms with Crippen molar-refractivity contribution in [1.82, 2.24) is 5.32 Å². The Morgan fingerprint density at radius 2 is 1.62 bits per heavy atom. The molecule has 0 aliphatic carbocycles. The molecule has 0 aliphatic rings. The summed E-state index contributed by atoms with van der Waals surface area (Å²) >= 11 is 5.18. The third kappa shape index (κ3) is 4.93. The summed E-state index contributed by atoms with van der Waals surface area (Å²) in [6, 6.07) is 2.38. The molecule has 26 heavy (non-hydrogen) atoms. The lowest BCUT2D eigenvalue weighted by Gasteiger charge is -2.35. The lowest BCUT2D eigenvalue weighted by molar-refractivity contribution is -0.207. The van der Waals surface area contributed by atoms with E-state index in [1.807, 2.05) is 0 Å². The summed E-state index contributed by atoms with van der Waals surface area (Å²) in [4.78, 5) is 23.4. The van der Waals surface area contributed by atoms with E-state index >= 15 is 0 Å². The van der Waals surface area contributed by atoms with Gasteiger partial charge >= 0.3 is 24.0 Å². The number of halogens is 7. The molecule has 0 radical (unpaired) electrons. The van der Waals surface area contributed by atoms with Gasteiger partial charge in [0.15, 0.2) is 0 Å². The molecule has 0 heterocycles. The molecule has 1 aromatic carbocycles. The fourth-order valence-corrected chi connectivity index (χ4v) is 1.90. The Morgan fingerprint density at radius 3 is 2.00 bits per heavy atom. The summed E-state index contributed by atoms with van der Waals surface area (Å²) in [5.41, 5.74) is -5.35. The van der Waals surface area contributed by atoms with E-state index in [1.54, 1.807) is 5.32 Å². The molecular formula is C14H13ClF6N2O3. The molecule has 1 unspecified atom stereocenters. The van der Waals surface area contributed by atoms with Crippen molar-refractivity contribution >= 4 is 29.2 Å². The molecule has 2 N–H and O–H groups in total. The second-order valence-electron chi connectivity index (χ2n) is 4.85. The van der Waals surface area contributed by atoms with Gasteiger partial charge in [0.25, 0.3) is 0 Å². The van der Waals surface area contributed by atoms with Crippen LogP contribution in [0.5, 0.6) is 0 Å². The number of ether oxygens (including phenoxy) is 1. The highest BCUT2D eigenvalue weighted by Gasteiger charge is 2.63. The number of carbonyl (C=O) groups excluding carboxylic acids is 2. The Balaban J connectivity index is 3.34. The highest BCUT2D eigenvalue weighted by molar-refractivity contribution is 6.27. The molecule has 0 spiro atoms. The van der Waals surface area contributed by atoms with Crippen LogP contribution in [0.25, 0.3) is 0 Å². The first-order valence-corrected chi connectivity index (χ1v) is 7.47. The lowest BCUT2D eigenvalue weighted by atomic mass is 10.1. The van der Waals surface area contributed by atoms with E-state index in [0.717, 1.165) is 0 Å². The second-order valence-corrected chi connectivity index (χ2v) is 5.12. The number of amides is 1. The maximum absolute atomic E-state index is 13.6. The maximum atomic E-state index is 13.6. The normalized spacial score (nSPS) is 14.3. The first-order chi connectivity index (χ1) is 11.9. The van der Waals surface area contributed by atoms with Gasteiger partial charge < -0.3 is 15.4 Å². The summed E-state index contributed by atoms with van der Waals surface area (Å²) in [5.74, 6) is -4.14. The second kappa shape index (κ2) is 8.02. The Hall–Kier alpha value is -2.17. The molecule has 0 bridgehead atoms. The van der Waals surface area contributed by atoms with Crippen LogP contribution >= 0.6 is 11.6 Å². The summed E-state index contributed by atoms with van der Waals surface area (Å²) in [6.45, 7) is 0.794. The molecule has 1 atom stereocenters. The number of alkyl halides is 7. The Kier molecular flexibility index (Phi) is 6.75. The Labute approximate surface area is 148 Å². The predicted molar refractivity (Wildman–Crippen MR) is 79.3 cm³/mol. The van der Waals surface area contributed by atoms with Gasteiger partial charge in [-0.05, 0) is 31.2 Å². The standard InChI is InChI=1S/C14H13ClF6N2O3/c1-2-26-11(25)12(14(19,20)21,23-10(24)7-15)22-9-5-3-8(4-6-9)13(16,17)18/h3-6,22H,2,7H2,1H3,(H,23,24). The molecule has 12 heteroatoms. The SMILES string of the molecule is CCOC(=O)C(NC(=O)CCl)(Nc1ccc(C(F)(F)F)cc1)C(F)(F)F. The smallest absolute Gasteiger partial charge is 0.441 e. The number of anilines is 1. The minimum absolute atomic E-state index is 0.442. The van der Waals surface area contributed by atoms with Gasteiger partial charge in [0.05, 0.1) is 12.2 Å². The van der Waals surface area contributed by atoms with Crippen molar-refractivity contribution in [2.45, 2.75) is 24.9 Å². The van der Waals surface area contributed by atoms with Crippen molar-refractivity contribution in [1.29, 1.82) is 0 Å². The summed E-state index contributed by atoms with van der Waals surface area (Å²) in [7, 11) is 0. The first kappa shape index (κ1) is 21.9. The van der Waals surface area contributed by atoms with Gasteiger partial charge in [-0.2, -0.15) is 26.3 Å². The molecule has 0 saturated carbocycles. The quantitative estimate of drug-likeness (QED) is 0.329. The van der Waals surface area contributed by atoms with Gasteiger partial charge in [-0.15, -0.1) is 11.6 Å². The largest absolute Gasteiger partial charge is 0.463 e. The van der Waals surface area contributed by atoms with E-state index in [1.165, 1.54) is 12.2 Å². The van der Waals surface area contributed by atoms with E-state index in [4.69, 9.17) is 11.6 Å². The third-order valence-corrected chi connectivity index (χ3v) is 3.24. The fourth-order valence-electron chi connectivity index (χ4n) is 1.83. The van der Waals surface area contributed by atoms with E-state index in [0.29, 0.717) is 24.3 Å². The van der Waals surface area contributed by atoms with Crippen molar-refractivity contribution in [2.75, 3.05) is 17.8 Å². The van der Waals surface area contributed by atoms with Crippen molar-refractivity contribution in [2.24, 2.45) is 0 Å². The average Bonchev–Trinajstić information content (AvgIpc) is 2.52. The van der Waals surface area contributed by atoms with Crippen molar-refractivity contribution < 1.29 is 40.7 Å². The molecule has 0 fully saturated rings. The van der Waals surface area contributed by atoms with Crippen LogP contribution in [0.2, 0.25) is 0 Å². The van der Waals surface area contributed by atoms with Crippen LogP contribution in [0.1, 0.15) is 12.5 Å². The van der Waals surface area contributed by atoms with E-state index in [-0.39, 0.29) is 0 Å². The number of esters is 1. The molecule has 0 aromatic heterocycles. The van der Waals surface area contributed by atoms with E-state index < -0.39 is 53.6 Å². The number of benzene rings is 1. The van der Waals surface area contributed by atoms with E-state index in [2.05, 4.69) is 4.74 Å². The zero-order chi connectivity index (χ0) is 20.2. The molecule has 146 valence electrons. The Bertz CT molecular complexity index is 648. The highest BCUT2D eigenvalue weighted by Crippen LogP contribution is 2.35. The Morgan fingerprint density at radius 1 is 1.08 bits per heavy atom. The molecule has 1 aromatic rings. The summed E-state index contributed by atoms with van der Waals surface area (Å²) < 4.78 is 82.8. The molecule has 5 nitrogen and oxygen atoms in total. The molecular weight excluding hydrogens is 394 g/mol. The first-order valence-electron chi connectivity index (χ1n) is 6.93. The zero-order valence-corrected chi connectivity index (χ0v) is 13.9. The molecule has 0 aliphatic heterocycles. The van der Waals surface area contributed by atoms with Gasteiger partial charge in [0.1, 0.15) is 5.88 Å². The number of nitrogens with one attached hydrogen (secondary N) is 2. The monoisotopic (exact) mass is 406 g/mol. The number of rotatable bonds is 6. The van der Waals surface area contributed by atoms with Gasteiger partial charge in [0, 0.05) is 5.69 Å². The summed E-state index contributed by atoms with van der Waals surface area (Å²) in [6.07, 6.45) is -10.1. The molecule has 1 amide bonds. The lowest BCUT2D eigenvalue weighted by Crippen LogP contribution is -2.69. The molecule has 0 saturated heterocycles. The van der Waals surface area contributed by atoms with Crippen molar-refractivity contribution in [3.8, 4) is 0 Å². The van der Waals surface area contributed by atoms with Gasteiger partial charge in [-0.3, -0.25) is 4.79 Å². The van der Waals surface area contributed by atoms with Crippen LogP contribution in [0.3, 0.4) is 0 Å².